The van der Waals surface area contributed by atoms with Gasteiger partial charge in [0.05, 0.1) is 13.3 Å². The molecule has 16 nitrogen and oxygen atoms in total. The Labute approximate surface area is 202 Å². The second kappa shape index (κ2) is 10.5. The van der Waals surface area contributed by atoms with Gasteiger partial charge < -0.3 is 32.9 Å². The van der Waals surface area contributed by atoms with Crippen LogP contribution in [0.4, 0.5) is 36.4 Å². The fourth-order valence-electron chi connectivity index (χ4n) is 2.16. The van der Waals surface area contributed by atoms with Crippen molar-refractivity contribution in [1.29, 1.82) is 0 Å². The molecule has 2 aromatic heterocycles. The van der Waals surface area contributed by atoms with Gasteiger partial charge in [-0.15, -0.1) is 0 Å². The smallest absolute Gasteiger partial charge is 0.475 e. The molecule has 0 saturated carbocycles. The summed E-state index contributed by atoms with van der Waals surface area (Å²) in [5, 5.41) is 7.78. The van der Waals surface area contributed by atoms with Crippen LogP contribution in [0.1, 0.15) is 21.0 Å². The van der Waals surface area contributed by atoms with Crippen LogP contribution < -0.4 is 33.8 Å². The second-order valence-electron chi connectivity index (χ2n) is 6.19. The third kappa shape index (κ3) is 6.56. The van der Waals surface area contributed by atoms with E-state index in [1.165, 1.54) is 4.90 Å². The van der Waals surface area contributed by atoms with Gasteiger partial charge in [0, 0.05) is 0 Å². The van der Waals surface area contributed by atoms with E-state index in [4.69, 9.17) is 56.0 Å². The number of hydrogen-bond donors (Lipinski definition) is 7. The molecule has 21 heteroatoms. The van der Waals surface area contributed by atoms with Crippen molar-refractivity contribution in [2.75, 3.05) is 36.3 Å². The molecule has 0 radical (unpaired) electrons. The van der Waals surface area contributed by atoms with Crippen LogP contribution in [0.3, 0.4) is 0 Å². The fourth-order valence-corrected chi connectivity index (χ4v) is 2.42. The minimum Gasteiger partial charge on any atom is -0.475 e. The van der Waals surface area contributed by atoms with Gasteiger partial charge >= 0.3 is 18.1 Å². The molecule has 35 heavy (non-hydrogen) atoms. The number of carboxylic acid groups (broad SMARTS) is 1. The molecule has 0 spiro atoms. The average molecular weight is 543 g/mol. The summed E-state index contributed by atoms with van der Waals surface area (Å²) < 4.78 is 31.7. The zero-order valence-corrected chi connectivity index (χ0v) is 18.5. The van der Waals surface area contributed by atoms with Gasteiger partial charge in [-0.1, -0.05) is 23.2 Å². The number of carbonyl (C=O) groups is 3. The van der Waals surface area contributed by atoms with Gasteiger partial charge in [0.25, 0.3) is 5.91 Å². The molecule has 2 aromatic rings. The van der Waals surface area contributed by atoms with Crippen LogP contribution in [0.5, 0.6) is 0 Å². The Morgan fingerprint density at radius 2 is 1.17 bits per heavy atom. The Morgan fingerprint density at radius 1 is 0.800 bits per heavy atom. The highest BCUT2D eigenvalue weighted by molar-refractivity contribution is 6.32. The van der Waals surface area contributed by atoms with E-state index in [1.54, 1.807) is 0 Å². The quantitative estimate of drug-likeness (QED) is 0.241. The first-order valence-electron chi connectivity index (χ1n) is 8.71. The van der Waals surface area contributed by atoms with Crippen LogP contribution in [0, 0.1) is 0 Å². The van der Waals surface area contributed by atoms with Gasteiger partial charge in [0.15, 0.2) is 45.0 Å². The number of hydrogen-bond acceptors (Lipinski definition) is 13. The first-order valence-corrected chi connectivity index (χ1v) is 9.46. The number of nitrogen functional groups attached to an aromatic ring is 4. The number of alkyl halides is 3. The zero-order valence-electron chi connectivity index (χ0n) is 17.0. The summed E-state index contributed by atoms with van der Waals surface area (Å²) in [7, 11) is 0. The molecule has 3 heterocycles. The SMILES string of the molecule is Nc1nc(N)c(C(=O)N2CNN(C(=O)c3nc(Cl)c(N)nc3N)NC2)nc1Cl.O=C(O)C(F)(F)F. The molecule has 0 aromatic carbocycles. The van der Waals surface area contributed by atoms with E-state index in [-0.39, 0.29) is 58.3 Å². The molecule has 11 N–H and O–H groups in total. The van der Waals surface area contributed by atoms with Gasteiger partial charge in [0.1, 0.15) is 0 Å². The third-order valence-electron chi connectivity index (χ3n) is 3.79. The monoisotopic (exact) mass is 542 g/mol. The number of aromatic nitrogens is 4. The van der Waals surface area contributed by atoms with E-state index in [2.05, 4.69) is 30.8 Å². The highest BCUT2D eigenvalue weighted by atomic mass is 35.5. The van der Waals surface area contributed by atoms with Crippen LogP contribution >= 0.6 is 23.2 Å². The number of nitrogens with zero attached hydrogens (tertiary/aromatic N) is 6. The topological polar surface area (TPSA) is 258 Å². The van der Waals surface area contributed by atoms with Gasteiger partial charge in [0.2, 0.25) is 0 Å². The Kier molecular flexibility index (Phi) is 8.23. The molecule has 1 aliphatic rings. The van der Waals surface area contributed by atoms with E-state index in [0.29, 0.717) is 0 Å². The van der Waals surface area contributed by atoms with Crippen molar-refractivity contribution in [3.05, 3.63) is 21.7 Å². The molecule has 0 aliphatic carbocycles. The molecule has 0 bridgehead atoms. The van der Waals surface area contributed by atoms with Gasteiger partial charge in [-0.05, 0) is 0 Å². The van der Waals surface area contributed by atoms with E-state index >= 15 is 0 Å². The van der Waals surface area contributed by atoms with E-state index in [9.17, 15) is 22.8 Å². The normalized spacial score (nSPS) is 13.6. The summed E-state index contributed by atoms with van der Waals surface area (Å²) in [5.41, 5.74) is 27.2. The molecule has 190 valence electrons. The van der Waals surface area contributed by atoms with Crippen molar-refractivity contribution in [1.82, 2.24) is 40.8 Å². The number of carbonyl (C=O) groups excluding carboxylic acids is 2. The van der Waals surface area contributed by atoms with Crippen LogP contribution in [0.2, 0.25) is 10.3 Å². The van der Waals surface area contributed by atoms with Gasteiger partial charge in [-0.3, -0.25) is 9.59 Å². The molecule has 1 fully saturated rings. The first kappa shape index (κ1) is 27.3. The lowest BCUT2D eigenvalue weighted by molar-refractivity contribution is -0.192. The number of hydrazine groups is 2. The lowest BCUT2D eigenvalue weighted by Gasteiger charge is -2.35. The lowest BCUT2D eigenvalue weighted by Crippen LogP contribution is -2.64. The van der Waals surface area contributed by atoms with Gasteiger partial charge in [-0.25, -0.2) is 24.7 Å². The minimum atomic E-state index is -5.08. The number of rotatable bonds is 2. The number of halogens is 5. The number of nitrogens with one attached hydrogen (secondary N) is 2. The number of nitrogens with two attached hydrogens (primary N) is 4. The maximum Gasteiger partial charge on any atom is 0.490 e. The predicted molar refractivity (Wildman–Crippen MR) is 114 cm³/mol. The summed E-state index contributed by atoms with van der Waals surface area (Å²) in [6, 6.07) is 0. The maximum atomic E-state index is 12.6. The Hall–Kier alpha value is -3.94. The van der Waals surface area contributed by atoms with E-state index < -0.39 is 24.0 Å². The van der Waals surface area contributed by atoms with Crippen molar-refractivity contribution in [3.63, 3.8) is 0 Å². The summed E-state index contributed by atoms with van der Waals surface area (Å²) in [4.78, 5) is 50.4. The summed E-state index contributed by atoms with van der Waals surface area (Å²) in [6.07, 6.45) is -5.08. The second-order valence-corrected chi connectivity index (χ2v) is 6.90. The Balaban J connectivity index is 0.000000540. The predicted octanol–water partition coefficient (Wildman–Crippen LogP) is -0.942. The van der Waals surface area contributed by atoms with Crippen molar-refractivity contribution >= 4 is 64.3 Å². The highest BCUT2D eigenvalue weighted by Crippen LogP contribution is 2.20. The summed E-state index contributed by atoms with van der Waals surface area (Å²) >= 11 is 11.6. The molecular formula is C14H15Cl2F3N12O4. The van der Waals surface area contributed by atoms with E-state index in [0.717, 1.165) is 5.12 Å². The molecule has 3 rings (SSSR count). The molecule has 2 amide bonds. The number of aliphatic carboxylic acids is 1. The maximum absolute atomic E-state index is 12.6. The van der Waals surface area contributed by atoms with Crippen molar-refractivity contribution in [3.8, 4) is 0 Å². The Morgan fingerprint density at radius 3 is 1.54 bits per heavy atom. The van der Waals surface area contributed by atoms with Crippen LogP contribution in [0.15, 0.2) is 0 Å². The minimum absolute atomic E-state index is 0.0866. The van der Waals surface area contributed by atoms with Gasteiger partial charge in [-0.2, -0.15) is 29.1 Å². The van der Waals surface area contributed by atoms with Crippen molar-refractivity contribution in [2.45, 2.75) is 6.18 Å². The number of amides is 2. The van der Waals surface area contributed by atoms with Crippen molar-refractivity contribution < 1.29 is 32.7 Å². The number of carboxylic acids is 1. The van der Waals surface area contributed by atoms with Crippen LogP contribution in [0.25, 0.3) is 0 Å². The standard InChI is InChI=1S/C12H14Cl2N12O2.C2HF3O2/c13-5-9(17)23-7(15)3(21-5)11(27)25-1-19-26(20-2-25)12(28)4-8(16)24-10(18)6(14)22-4;3-2(4,5)1(6)7/h19-20H,1-2H2,(H4,15,17,23)(H4,16,18,24);(H,6,7). The van der Waals surface area contributed by atoms with E-state index in [1.807, 2.05) is 0 Å². The third-order valence-corrected chi connectivity index (χ3v) is 4.34. The Bertz CT molecular complexity index is 1080. The summed E-state index contributed by atoms with van der Waals surface area (Å²) in [6.45, 7) is -0.173. The average Bonchev–Trinajstić information content (AvgIpc) is 2.77. The largest absolute Gasteiger partial charge is 0.490 e. The molecule has 0 atom stereocenters. The first-order chi connectivity index (χ1) is 16.1. The molecule has 0 unspecified atom stereocenters. The molecule has 1 aliphatic heterocycles. The van der Waals surface area contributed by atoms with Crippen LogP contribution in [-0.4, -0.2) is 72.4 Å². The lowest BCUT2D eigenvalue weighted by atomic mass is 10.3. The van der Waals surface area contributed by atoms with Crippen molar-refractivity contribution in [2.24, 2.45) is 0 Å². The molecular weight excluding hydrogens is 528 g/mol. The van der Waals surface area contributed by atoms with Crippen LogP contribution in [-0.2, 0) is 4.79 Å². The fraction of sp³-hybridized carbons (Fsp3) is 0.214. The summed E-state index contributed by atoms with van der Waals surface area (Å²) in [5.74, 6) is -4.61. The molecule has 1 saturated heterocycles. The zero-order chi connectivity index (χ0) is 26.7. The highest BCUT2D eigenvalue weighted by Gasteiger charge is 2.38. The number of anilines is 4.